The van der Waals surface area contributed by atoms with E-state index in [1.54, 1.807) is 14.2 Å². The predicted molar refractivity (Wildman–Crippen MR) is 96.4 cm³/mol. The van der Waals surface area contributed by atoms with E-state index in [2.05, 4.69) is 15.0 Å². The Labute approximate surface area is 146 Å². The van der Waals surface area contributed by atoms with E-state index in [9.17, 15) is 4.79 Å². The van der Waals surface area contributed by atoms with Crippen LogP contribution < -0.4 is 20.1 Å². The lowest BCUT2D eigenvalue weighted by Gasteiger charge is -2.17. The number of hydrogen-bond acceptors (Lipinski definition) is 6. The van der Waals surface area contributed by atoms with Crippen molar-refractivity contribution in [2.24, 2.45) is 0 Å². The Morgan fingerprint density at radius 3 is 2.75 bits per heavy atom. The van der Waals surface area contributed by atoms with Gasteiger partial charge < -0.3 is 20.1 Å². The number of carbonyl (C=O) groups excluding carboxylic acids is 1. The molecule has 0 fully saturated rings. The number of hydrogen-bond donors (Lipinski definition) is 2. The molecule has 7 heteroatoms. The normalized spacial score (nSPS) is 11.7. The summed E-state index contributed by atoms with van der Waals surface area (Å²) in [6.45, 7) is 6.25. The van der Waals surface area contributed by atoms with E-state index in [4.69, 9.17) is 9.47 Å². The maximum atomic E-state index is 12.6. The molecule has 6 nitrogen and oxygen atoms in total. The molecular formula is C17H23N3O3S. The van der Waals surface area contributed by atoms with E-state index in [-0.39, 0.29) is 11.9 Å². The summed E-state index contributed by atoms with van der Waals surface area (Å²) in [6.07, 6.45) is 0. The van der Waals surface area contributed by atoms with Gasteiger partial charge in [0.25, 0.3) is 5.91 Å². The van der Waals surface area contributed by atoms with Crippen molar-refractivity contribution in [3.8, 4) is 11.5 Å². The standard InChI is InChI=1S/C17H23N3O3S/c1-6-23-13-8-7-12(9-14(13)22-5)10(2)19-16(21)15-11(3)20-24-17(15)18-4/h7-10,18H,6H2,1-5H3,(H,19,21). The Balaban J connectivity index is 2.18. The van der Waals surface area contributed by atoms with Crippen LogP contribution in [0.15, 0.2) is 18.2 Å². The van der Waals surface area contributed by atoms with Gasteiger partial charge in [-0.1, -0.05) is 6.07 Å². The smallest absolute Gasteiger partial charge is 0.256 e. The first-order valence-corrected chi connectivity index (χ1v) is 8.54. The van der Waals surface area contributed by atoms with Crippen molar-refractivity contribution < 1.29 is 14.3 Å². The molecule has 0 aliphatic rings. The first-order valence-electron chi connectivity index (χ1n) is 7.77. The molecule has 1 amide bonds. The number of nitrogens with one attached hydrogen (secondary N) is 2. The number of ether oxygens (including phenoxy) is 2. The number of methoxy groups -OCH3 is 1. The van der Waals surface area contributed by atoms with Crippen LogP contribution in [0, 0.1) is 6.92 Å². The van der Waals surface area contributed by atoms with E-state index >= 15 is 0 Å². The highest BCUT2D eigenvalue weighted by Gasteiger charge is 2.20. The van der Waals surface area contributed by atoms with Gasteiger partial charge in [0.15, 0.2) is 11.5 Å². The highest BCUT2D eigenvalue weighted by Crippen LogP contribution is 2.31. The molecule has 0 saturated carbocycles. The van der Waals surface area contributed by atoms with Gasteiger partial charge in [-0.3, -0.25) is 4.79 Å². The van der Waals surface area contributed by atoms with Crippen molar-refractivity contribution in [2.75, 3.05) is 26.1 Å². The maximum absolute atomic E-state index is 12.6. The minimum Gasteiger partial charge on any atom is -0.493 e. The van der Waals surface area contributed by atoms with Crippen LogP contribution in [0.25, 0.3) is 0 Å². The minimum atomic E-state index is -0.175. The Hall–Kier alpha value is -2.28. The molecule has 0 bridgehead atoms. The van der Waals surface area contributed by atoms with Crippen LogP contribution in [-0.2, 0) is 0 Å². The molecule has 0 spiro atoms. The van der Waals surface area contributed by atoms with E-state index < -0.39 is 0 Å². The quantitative estimate of drug-likeness (QED) is 0.802. The summed E-state index contributed by atoms with van der Waals surface area (Å²) in [5.74, 6) is 1.20. The highest BCUT2D eigenvalue weighted by atomic mass is 32.1. The number of aromatic nitrogens is 1. The van der Waals surface area contributed by atoms with Crippen LogP contribution in [0.4, 0.5) is 5.00 Å². The van der Waals surface area contributed by atoms with Gasteiger partial charge in [0.2, 0.25) is 0 Å². The first-order chi connectivity index (χ1) is 11.5. The average Bonchev–Trinajstić information content (AvgIpc) is 2.96. The molecule has 2 N–H and O–H groups in total. The molecule has 1 atom stereocenters. The van der Waals surface area contributed by atoms with E-state index in [0.717, 1.165) is 16.3 Å². The summed E-state index contributed by atoms with van der Waals surface area (Å²) in [7, 11) is 3.38. The number of aryl methyl sites for hydroxylation is 1. The van der Waals surface area contributed by atoms with Crippen molar-refractivity contribution in [1.29, 1.82) is 0 Å². The Morgan fingerprint density at radius 1 is 1.38 bits per heavy atom. The Morgan fingerprint density at radius 2 is 2.12 bits per heavy atom. The number of rotatable bonds is 7. The summed E-state index contributed by atoms with van der Waals surface area (Å²) in [4.78, 5) is 12.6. The molecule has 1 aromatic heterocycles. The molecule has 2 rings (SSSR count). The van der Waals surface area contributed by atoms with Gasteiger partial charge in [-0.05, 0) is 50.0 Å². The second-order valence-electron chi connectivity index (χ2n) is 5.26. The number of nitrogens with zero attached hydrogens (tertiary/aromatic N) is 1. The molecule has 0 radical (unpaired) electrons. The second kappa shape index (κ2) is 8.01. The molecule has 0 aliphatic heterocycles. The summed E-state index contributed by atoms with van der Waals surface area (Å²) in [5, 5.41) is 6.78. The van der Waals surface area contributed by atoms with Gasteiger partial charge in [-0.15, -0.1) is 0 Å². The van der Waals surface area contributed by atoms with Crippen LogP contribution in [0.5, 0.6) is 11.5 Å². The molecule has 130 valence electrons. The Kier molecular flexibility index (Phi) is 6.03. The molecule has 1 unspecified atom stereocenters. The Bertz CT molecular complexity index is 715. The lowest BCUT2D eigenvalue weighted by molar-refractivity contribution is 0.0940. The molecule has 0 saturated heterocycles. The van der Waals surface area contributed by atoms with Gasteiger partial charge in [0.1, 0.15) is 5.00 Å². The first kappa shape index (κ1) is 18.1. The lowest BCUT2D eigenvalue weighted by Crippen LogP contribution is -2.27. The van der Waals surface area contributed by atoms with Gasteiger partial charge >= 0.3 is 0 Å². The fraction of sp³-hybridized carbons (Fsp3) is 0.412. The largest absolute Gasteiger partial charge is 0.493 e. The maximum Gasteiger partial charge on any atom is 0.256 e. The molecule has 1 heterocycles. The third-order valence-electron chi connectivity index (χ3n) is 3.65. The average molecular weight is 349 g/mol. The van der Waals surface area contributed by atoms with Crippen molar-refractivity contribution in [3.63, 3.8) is 0 Å². The van der Waals surface area contributed by atoms with Crippen molar-refractivity contribution in [2.45, 2.75) is 26.8 Å². The monoisotopic (exact) mass is 349 g/mol. The topological polar surface area (TPSA) is 72.5 Å². The zero-order valence-electron chi connectivity index (χ0n) is 14.6. The van der Waals surface area contributed by atoms with Gasteiger partial charge in [0, 0.05) is 7.05 Å². The third kappa shape index (κ3) is 3.79. The molecule has 2 aromatic rings. The molecule has 1 aromatic carbocycles. The predicted octanol–water partition coefficient (Wildman–Crippen LogP) is 3.39. The zero-order chi connectivity index (χ0) is 17.7. The lowest BCUT2D eigenvalue weighted by atomic mass is 10.1. The fourth-order valence-corrected chi connectivity index (χ4v) is 3.13. The molecule has 24 heavy (non-hydrogen) atoms. The van der Waals surface area contributed by atoms with Crippen LogP contribution in [-0.4, -0.2) is 31.0 Å². The minimum absolute atomic E-state index is 0.147. The zero-order valence-corrected chi connectivity index (χ0v) is 15.4. The van der Waals surface area contributed by atoms with Crippen molar-refractivity contribution in [1.82, 2.24) is 9.69 Å². The highest BCUT2D eigenvalue weighted by molar-refractivity contribution is 7.10. The fourth-order valence-electron chi connectivity index (χ4n) is 2.39. The third-order valence-corrected chi connectivity index (χ3v) is 4.61. The van der Waals surface area contributed by atoms with Crippen LogP contribution >= 0.6 is 11.5 Å². The summed E-state index contributed by atoms with van der Waals surface area (Å²) >= 11 is 1.28. The summed E-state index contributed by atoms with van der Waals surface area (Å²) < 4.78 is 15.1. The van der Waals surface area contributed by atoms with Crippen LogP contribution in [0.3, 0.4) is 0 Å². The number of amides is 1. The van der Waals surface area contributed by atoms with Crippen LogP contribution in [0.1, 0.15) is 41.5 Å². The number of anilines is 1. The van der Waals surface area contributed by atoms with Crippen molar-refractivity contribution >= 4 is 22.4 Å². The summed E-state index contributed by atoms with van der Waals surface area (Å²) in [5.41, 5.74) is 2.25. The van der Waals surface area contributed by atoms with Crippen molar-refractivity contribution in [3.05, 3.63) is 35.0 Å². The second-order valence-corrected chi connectivity index (χ2v) is 6.03. The van der Waals surface area contributed by atoms with Gasteiger partial charge in [-0.25, -0.2) is 0 Å². The van der Waals surface area contributed by atoms with E-state index in [0.29, 0.717) is 23.7 Å². The van der Waals surface area contributed by atoms with E-state index in [1.807, 2.05) is 39.0 Å². The molecular weight excluding hydrogens is 326 g/mol. The molecule has 0 aliphatic carbocycles. The number of carbonyl (C=O) groups is 1. The van der Waals surface area contributed by atoms with Gasteiger partial charge in [0.05, 0.1) is 31.0 Å². The number of benzene rings is 1. The summed E-state index contributed by atoms with van der Waals surface area (Å²) in [6, 6.07) is 5.49. The van der Waals surface area contributed by atoms with Crippen LogP contribution in [0.2, 0.25) is 0 Å². The SMILES string of the molecule is CCOc1ccc(C(C)NC(=O)c2c(C)nsc2NC)cc1OC. The van der Waals surface area contributed by atoms with E-state index in [1.165, 1.54) is 11.5 Å². The van der Waals surface area contributed by atoms with Gasteiger partial charge in [-0.2, -0.15) is 4.37 Å².